The number of halogens is 2. The fraction of sp³-hybridized carbons (Fsp3) is 0.300. The predicted molar refractivity (Wildman–Crippen MR) is 60.7 cm³/mol. The normalized spacial score (nSPS) is 10.0. The molecular weight excluding hydrogens is 263 g/mol. The van der Waals surface area contributed by atoms with E-state index in [0.29, 0.717) is 23.9 Å². The summed E-state index contributed by atoms with van der Waals surface area (Å²) in [5, 5.41) is 6.99. The third-order valence-corrected chi connectivity index (χ3v) is 2.24. The van der Waals surface area contributed by atoms with Crippen LogP contribution in [0.25, 0.3) is 0 Å². The van der Waals surface area contributed by atoms with Crippen molar-refractivity contribution in [3.63, 3.8) is 0 Å². The summed E-state index contributed by atoms with van der Waals surface area (Å²) < 4.78 is 19.1. The highest BCUT2D eigenvalue weighted by atomic mass is 79.9. The van der Waals surface area contributed by atoms with Gasteiger partial charge in [-0.15, -0.1) is 0 Å². The topological polar surface area (TPSA) is 59.1 Å². The smallest absolute Gasteiger partial charge is 0.166 e. The maximum atomic E-state index is 13.2. The molecule has 0 aliphatic rings. The highest BCUT2D eigenvalue weighted by Crippen LogP contribution is 2.21. The number of hydrogen-bond donors (Lipinski definition) is 2. The highest BCUT2D eigenvalue weighted by molar-refractivity contribution is 9.10. The quantitative estimate of drug-likeness (QED) is 0.493. The average Bonchev–Trinajstić information content (AvgIpc) is 2.14. The first-order valence-electron chi connectivity index (χ1n) is 4.50. The van der Waals surface area contributed by atoms with E-state index in [4.69, 9.17) is 15.9 Å². The lowest BCUT2D eigenvalue weighted by Gasteiger charge is -2.06. The molecule has 0 atom stereocenters. The van der Waals surface area contributed by atoms with Gasteiger partial charge in [0.15, 0.2) is 11.6 Å². The zero-order valence-electron chi connectivity index (χ0n) is 8.09. The molecule has 0 aromatic heterocycles. The number of nitrogens with one attached hydrogen (secondary N) is 1. The summed E-state index contributed by atoms with van der Waals surface area (Å²) in [4.78, 5) is 0. The zero-order chi connectivity index (χ0) is 11.3. The second-order valence-corrected chi connectivity index (χ2v) is 3.97. The molecule has 82 valence electrons. The van der Waals surface area contributed by atoms with Gasteiger partial charge in [0, 0.05) is 10.9 Å². The van der Waals surface area contributed by atoms with Gasteiger partial charge in [-0.25, -0.2) is 4.39 Å². The van der Waals surface area contributed by atoms with Gasteiger partial charge in [-0.1, -0.05) is 15.9 Å². The molecule has 0 bridgehead atoms. The van der Waals surface area contributed by atoms with E-state index in [9.17, 15) is 4.39 Å². The van der Waals surface area contributed by atoms with Crippen molar-refractivity contribution < 1.29 is 9.13 Å². The van der Waals surface area contributed by atoms with Crippen molar-refractivity contribution in [1.82, 2.24) is 0 Å². The maximum Gasteiger partial charge on any atom is 0.166 e. The molecule has 15 heavy (non-hydrogen) atoms. The van der Waals surface area contributed by atoms with E-state index in [2.05, 4.69) is 15.9 Å². The monoisotopic (exact) mass is 274 g/mol. The number of amidine groups is 1. The van der Waals surface area contributed by atoms with Gasteiger partial charge in [0.05, 0.1) is 12.4 Å². The number of rotatable bonds is 5. The largest absolute Gasteiger partial charge is 0.491 e. The zero-order valence-corrected chi connectivity index (χ0v) is 9.68. The average molecular weight is 275 g/mol. The second kappa shape index (κ2) is 5.70. The number of benzene rings is 1. The van der Waals surface area contributed by atoms with Gasteiger partial charge in [-0.2, -0.15) is 0 Å². The first-order chi connectivity index (χ1) is 7.09. The molecule has 0 saturated heterocycles. The molecule has 0 heterocycles. The number of ether oxygens (including phenoxy) is 1. The molecule has 1 aromatic carbocycles. The van der Waals surface area contributed by atoms with Crippen LogP contribution in [0.15, 0.2) is 22.7 Å². The summed E-state index contributed by atoms with van der Waals surface area (Å²) >= 11 is 3.16. The summed E-state index contributed by atoms with van der Waals surface area (Å²) in [5.41, 5.74) is 5.17. The van der Waals surface area contributed by atoms with Gasteiger partial charge in [0.25, 0.3) is 0 Å². The summed E-state index contributed by atoms with van der Waals surface area (Å²) in [5.74, 6) is -0.0520. The van der Waals surface area contributed by atoms with Crippen LogP contribution in [0.3, 0.4) is 0 Å². The maximum absolute atomic E-state index is 13.2. The van der Waals surface area contributed by atoms with Gasteiger partial charge < -0.3 is 10.5 Å². The van der Waals surface area contributed by atoms with Crippen LogP contribution in [-0.4, -0.2) is 12.4 Å². The Balaban J connectivity index is 2.40. The molecule has 0 aliphatic carbocycles. The van der Waals surface area contributed by atoms with E-state index < -0.39 is 5.82 Å². The van der Waals surface area contributed by atoms with E-state index >= 15 is 0 Å². The number of nitrogens with two attached hydrogens (primary N) is 1. The molecule has 0 amide bonds. The molecule has 3 N–H and O–H groups in total. The molecule has 0 radical (unpaired) electrons. The van der Waals surface area contributed by atoms with E-state index in [-0.39, 0.29) is 11.6 Å². The van der Waals surface area contributed by atoms with Crippen LogP contribution in [0, 0.1) is 11.2 Å². The molecule has 0 aliphatic heterocycles. The van der Waals surface area contributed by atoms with Crippen molar-refractivity contribution in [2.24, 2.45) is 5.73 Å². The minimum absolute atomic E-state index is 0.120. The Morgan fingerprint density at radius 3 is 2.87 bits per heavy atom. The Morgan fingerprint density at radius 1 is 1.53 bits per heavy atom. The summed E-state index contributed by atoms with van der Waals surface area (Å²) in [6.45, 7) is 0.359. The fourth-order valence-electron chi connectivity index (χ4n) is 1.04. The molecular formula is C10H12BrFN2O. The molecule has 5 heteroatoms. The Labute approximate surface area is 96.1 Å². The van der Waals surface area contributed by atoms with Crippen LogP contribution in [0.1, 0.15) is 12.8 Å². The first-order valence-corrected chi connectivity index (χ1v) is 5.29. The lowest BCUT2D eigenvalue weighted by Crippen LogP contribution is -2.11. The summed E-state index contributed by atoms with van der Waals surface area (Å²) in [7, 11) is 0. The summed E-state index contributed by atoms with van der Waals surface area (Å²) in [6, 6.07) is 4.62. The van der Waals surface area contributed by atoms with E-state index in [1.54, 1.807) is 12.1 Å². The van der Waals surface area contributed by atoms with Crippen LogP contribution < -0.4 is 10.5 Å². The van der Waals surface area contributed by atoms with Crippen molar-refractivity contribution >= 4 is 21.8 Å². The lowest BCUT2D eigenvalue weighted by molar-refractivity contribution is 0.297. The predicted octanol–water partition coefficient (Wildman–Crippen LogP) is 2.68. The van der Waals surface area contributed by atoms with Crippen molar-refractivity contribution in [3.05, 3.63) is 28.5 Å². The number of hydrogen-bond acceptors (Lipinski definition) is 2. The van der Waals surface area contributed by atoms with Crippen molar-refractivity contribution in [2.45, 2.75) is 12.8 Å². The molecule has 0 saturated carbocycles. The van der Waals surface area contributed by atoms with Crippen LogP contribution in [0.4, 0.5) is 4.39 Å². The molecule has 0 fully saturated rings. The molecule has 0 spiro atoms. The SMILES string of the molecule is N=C(N)CCCOc1ccc(Br)cc1F. The van der Waals surface area contributed by atoms with Crippen LogP contribution >= 0.6 is 15.9 Å². The Morgan fingerprint density at radius 2 is 2.27 bits per heavy atom. The Kier molecular flexibility index (Phi) is 4.55. The molecule has 1 rings (SSSR count). The van der Waals surface area contributed by atoms with Crippen molar-refractivity contribution in [1.29, 1.82) is 5.41 Å². The summed E-state index contributed by atoms with van der Waals surface area (Å²) in [6.07, 6.45) is 1.09. The van der Waals surface area contributed by atoms with Crippen LogP contribution in [0.5, 0.6) is 5.75 Å². The van der Waals surface area contributed by atoms with E-state index in [0.717, 1.165) is 0 Å². The highest BCUT2D eigenvalue weighted by Gasteiger charge is 2.03. The van der Waals surface area contributed by atoms with E-state index in [1.165, 1.54) is 6.07 Å². The minimum atomic E-state index is -0.396. The van der Waals surface area contributed by atoms with Gasteiger partial charge >= 0.3 is 0 Å². The molecule has 0 unspecified atom stereocenters. The van der Waals surface area contributed by atoms with Gasteiger partial charge in [-0.05, 0) is 24.6 Å². The Bertz CT molecular complexity index is 357. The fourth-order valence-corrected chi connectivity index (χ4v) is 1.37. The Hall–Kier alpha value is -1.10. The van der Waals surface area contributed by atoms with Crippen LogP contribution in [-0.2, 0) is 0 Å². The van der Waals surface area contributed by atoms with Crippen molar-refractivity contribution in [3.8, 4) is 5.75 Å². The van der Waals surface area contributed by atoms with Crippen LogP contribution in [0.2, 0.25) is 0 Å². The second-order valence-electron chi connectivity index (χ2n) is 3.05. The van der Waals surface area contributed by atoms with Gasteiger partial charge in [0.2, 0.25) is 0 Å². The lowest BCUT2D eigenvalue weighted by atomic mass is 10.3. The molecule has 3 nitrogen and oxygen atoms in total. The van der Waals surface area contributed by atoms with Crippen molar-refractivity contribution in [2.75, 3.05) is 6.61 Å². The van der Waals surface area contributed by atoms with Gasteiger partial charge in [0.1, 0.15) is 0 Å². The van der Waals surface area contributed by atoms with E-state index in [1.807, 2.05) is 0 Å². The third-order valence-electron chi connectivity index (χ3n) is 1.74. The van der Waals surface area contributed by atoms with Gasteiger partial charge in [-0.3, -0.25) is 5.41 Å². The standard InChI is InChI=1S/C10H12BrFN2O/c11-7-3-4-9(8(12)6-7)15-5-1-2-10(13)14/h3-4,6H,1-2,5H2,(H3,13,14). The minimum Gasteiger partial charge on any atom is -0.491 e. The third kappa shape index (κ3) is 4.29. The first kappa shape index (κ1) is 12.0. The molecule has 1 aromatic rings.